The van der Waals surface area contributed by atoms with Gasteiger partial charge in [-0.15, -0.1) is 11.3 Å². The van der Waals surface area contributed by atoms with Gasteiger partial charge in [0.15, 0.2) is 0 Å². The van der Waals surface area contributed by atoms with Crippen LogP contribution in [-0.2, 0) is 17.8 Å². The van der Waals surface area contributed by atoms with Gasteiger partial charge in [0, 0.05) is 14.5 Å². The summed E-state index contributed by atoms with van der Waals surface area (Å²) in [7, 11) is 0. The first kappa shape index (κ1) is 15.9. The van der Waals surface area contributed by atoms with Gasteiger partial charge in [0.2, 0.25) is 5.91 Å². The molecule has 120 valence electrons. The third-order valence-corrected chi connectivity index (χ3v) is 4.62. The summed E-state index contributed by atoms with van der Waals surface area (Å²) in [6.45, 7) is 0.327. The molecule has 0 saturated carbocycles. The Morgan fingerprint density at radius 3 is 2.88 bits per heavy atom. The third-order valence-electron chi connectivity index (χ3n) is 3.52. The van der Waals surface area contributed by atoms with Crippen molar-refractivity contribution in [3.8, 4) is 0 Å². The highest BCUT2D eigenvalue weighted by Gasteiger charge is 2.09. The van der Waals surface area contributed by atoms with E-state index < -0.39 is 0 Å². The van der Waals surface area contributed by atoms with Crippen LogP contribution in [0.25, 0.3) is 20.5 Å². The summed E-state index contributed by atoms with van der Waals surface area (Å²) in [4.78, 5) is 15.9. The molecule has 6 nitrogen and oxygen atoms in total. The Morgan fingerprint density at radius 2 is 2.08 bits per heavy atom. The molecular weight excluding hydrogens is 322 g/mol. The van der Waals surface area contributed by atoms with E-state index in [0.29, 0.717) is 24.3 Å². The van der Waals surface area contributed by atoms with E-state index in [0.717, 1.165) is 20.5 Å². The quantitative estimate of drug-likeness (QED) is 0.310. The molecule has 2 aromatic carbocycles. The number of carbonyl (C=O) groups is 1. The normalized spacial score (nSPS) is 10.3. The Balaban J connectivity index is 1.74. The van der Waals surface area contributed by atoms with Crippen LogP contribution in [0.5, 0.6) is 0 Å². The predicted molar refractivity (Wildman–Crippen MR) is 97.9 cm³/mol. The average Bonchev–Trinajstić information content (AvgIpc) is 2.96. The molecule has 1 aromatic heterocycles. The highest BCUT2D eigenvalue weighted by molar-refractivity contribution is 7.19. The van der Waals surface area contributed by atoms with Crippen LogP contribution in [0, 0.1) is 0 Å². The van der Waals surface area contributed by atoms with Crippen molar-refractivity contribution in [1.29, 1.82) is 0 Å². The summed E-state index contributed by atoms with van der Waals surface area (Å²) in [5.41, 5.74) is 16.4. The van der Waals surface area contributed by atoms with E-state index in [1.807, 2.05) is 36.4 Å². The number of nitrogens with two attached hydrogens (primary N) is 1. The van der Waals surface area contributed by atoms with E-state index in [1.165, 1.54) is 0 Å². The molecule has 0 atom stereocenters. The van der Waals surface area contributed by atoms with Crippen LogP contribution in [0.1, 0.15) is 10.4 Å². The third kappa shape index (κ3) is 3.65. The van der Waals surface area contributed by atoms with Crippen LogP contribution in [0.3, 0.4) is 0 Å². The lowest BCUT2D eigenvalue weighted by Gasteiger charge is -2.06. The van der Waals surface area contributed by atoms with Crippen LogP contribution in [0.4, 0.5) is 11.4 Å². The van der Waals surface area contributed by atoms with Gasteiger partial charge in [-0.3, -0.25) is 4.79 Å². The topological polar surface area (TPSA) is 104 Å². The molecular formula is C17H15N5OS. The highest BCUT2D eigenvalue weighted by atomic mass is 32.1. The van der Waals surface area contributed by atoms with Gasteiger partial charge in [-0.05, 0) is 40.7 Å². The molecule has 3 aromatic rings. The summed E-state index contributed by atoms with van der Waals surface area (Å²) in [5.74, 6) is -0.103. The molecule has 0 saturated heterocycles. The van der Waals surface area contributed by atoms with E-state index in [1.54, 1.807) is 23.5 Å². The van der Waals surface area contributed by atoms with Crippen LogP contribution in [-0.4, -0.2) is 5.91 Å². The highest BCUT2D eigenvalue weighted by Crippen LogP contribution is 2.28. The van der Waals surface area contributed by atoms with Gasteiger partial charge in [0.05, 0.1) is 24.3 Å². The minimum atomic E-state index is -0.103. The number of nitrogen functional groups attached to an aromatic ring is 1. The molecule has 0 aliphatic heterocycles. The standard InChI is InChI=1S/C17H15N5OS/c18-14-3-1-2-4-15(14)21-17(23)9-13-8-12-6-5-11(10-20-22-19)7-16(12)24-13/h1-8H,9-10,18H2,(H,21,23). The number of para-hydroxylation sites is 2. The lowest BCUT2D eigenvalue weighted by Crippen LogP contribution is -2.14. The van der Waals surface area contributed by atoms with Crippen molar-refractivity contribution in [1.82, 2.24) is 0 Å². The fourth-order valence-electron chi connectivity index (χ4n) is 2.39. The smallest absolute Gasteiger partial charge is 0.229 e. The van der Waals surface area contributed by atoms with Crippen LogP contribution >= 0.6 is 11.3 Å². The number of nitrogens with one attached hydrogen (secondary N) is 1. The lowest BCUT2D eigenvalue weighted by atomic mass is 10.1. The van der Waals surface area contributed by atoms with E-state index in [4.69, 9.17) is 11.3 Å². The summed E-state index contributed by atoms with van der Waals surface area (Å²) in [6, 6.07) is 15.1. The second kappa shape index (κ2) is 7.04. The molecule has 0 aliphatic rings. The predicted octanol–water partition coefficient (Wildman–Crippen LogP) is 4.48. The van der Waals surface area contributed by atoms with Crippen molar-refractivity contribution in [2.75, 3.05) is 11.1 Å². The van der Waals surface area contributed by atoms with Crippen molar-refractivity contribution in [3.63, 3.8) is 0 Å². The van der Waals surface area contributed by atoms with Gasteiger partial charge in [-0.25, -0.2) is 0 Å². The van der Waals surface area contributed by atoms with Crippen molar-refractivity contribution in [2.24, 2.45) is 5.11 Å². The number of benzene rings is 2. The number of nitrogens with zero attached hydrogens (tertiary/aromatic N) is 3. The Kier molecular flexibility index (Phi) is 4.65. The Hall–Kier alpha value is -3.02. The minimum absolute atomic E-state index is 0.103. The number of rotatable bonds is 5. The minimum Gasteiger partial charge on any atom is -0.397 e. The summed E-state index contributed by atoms with van der Waals surface area (Å²) in [5, 5.41) is 7.47. The maximum Gasteiger partial charge on any atom is 0.229 e. The van der Waals surface area contributed by atoms with E-state index in [9.17, 15) is 4.79 Å². The second-order valence-corrected chi connectivity index (χ2v) is 6.45. The number of fused-ring (bicyclic) bond motifs is 1. The molecule has 3 rings (SSSR count). The number of hydrogen-bond acceptors (Lipinski definition) is 4. The van der Waals surface area contributed by atoms with Gasteiger partial charge in [-0.2, -0.15) is 0 Å². The molecule has 0 aliphatic carbocycles. The molecule has 0 bridgehead atoms. The number of anilines is 2. The molecule has 0 radical (unpaired) electrons. The van der Waals surface area contributed by atoms with E-state index in [2.05, 4.69) is 15.3 Å². The van der Waals surface area contributed by atoms with Gasteiger partial charge in [0.1, 0.15) is 0 Å². The fourth-order valence-corrected chi connectivity index (χ4v) is 3.52. The van der Waals surface area contributed by atoms with Crippen molar-refractivity contribution >= 4 is 38.7 Å². The molecule has 7 heteroatoms. The van der Waals surface area contributed by atoms with Gasteiger partial charge in [0.25, 0.3) is 0 Å². The van der Waals surface area contributed by atoms with Crippen molar-refractivity contribution in [2.45, 2.75) is 13.0 Å². The Morgan fingerprint density at radius 1 is 1.25 bits per heavy atom. The fraction of sp³-hybridized carbons (Fsp3) is 0.118. The van der Waals surface area contributed by atoms with Gasteiger partial charge < -0.3 is 11.1 Å². The SMILES string of the molecule is [N-]=[N+]=NCc1ccc2cc(CC(=O)Nc3ccccc3N)sc2c1. The zero-order valence-electron chi connectivity index (χ0n) is 12.8. The maximum absolute atomic E-state index is 12.2. The summed E-state index contributed by atoms with van der Waals surface area (Å²) < 4.78 is 1.07. The molecule has 0 unspecified atom stereocenters. The molecule has 3 N–H and O–H groups in total. The molecule has 1 amide bonds. The van der Waals surface area contributed by atoms with Crippen molar-refractivity contribution < 1.29 is 4.79 Å². The lowest BCUT2D eigenvalue weighted by molar-refractivity contribution is -0.115. The summed E-state index contributed by atoms with van der Waals surface area (Å²) >= 11 is 1.56. The van der Waals surface area contributed by atoms with E-state index in [-0.39, 0.29) is 5.91 Å². The molecule has 24 heavy (non-hydrogen) atoms. The second-order valence-electron chi connectivity index (χ2n) is 5.29. The number of thiophene rings is 1. The Bertz CT molecular complexity index is 943. The Labute approximate surface area is 142 Å². The molecule has 0 spiro atoms. The number of hydrogen-bond donors (Lipinski definition) is 2. The average molecular weight is 337 g/mol. The van der Waals surface area contributed by atoms with Crippen LogP contribution in [0.2, 0.25) is 0 Å². The first-order valence-corrected chi connectivity index (χ1v) is 8.14. The molecule has 1 heterocycles. The van der Waals surface area contributed by atoms with E-state index >= 15 is 0 Å². The first-order chi connectivity index (χ1) is 11.7. The molecule has 0 fully saturated rings. The van der Waals surface area contributed by atoms with Gasteiger partial charge in [-0.1, -0.05) is 29.4 Å². The number of carbonyl (C=O) groups excluding carboxylic acids is 1. The largest absolute Gasteiger partial charge is 0.397 e. The zero-order chi connectivity index (χ0) is 16.9. The van der Waals surface area contributed by atoms with Crippen molar-refractivity contribution in [3.05, 3.63) is 69.4 Å². The first-order valence-electron chi connectivity index (χ1n) is 7.32. The number of azide groups is 1. The maximum atomic E-state index is 12.2. The van der Waals surface area contributed by atoms with Crippen LogP contribution < -0.4 is 11.1 Å². The monoisotopic (exact) mass is 337 g/mol. The zero-order valence-corrected chi connectivity index (χ0v) is 13.6. The summed E-state index contributed by atoms with van der Waals surface area (Å²) in [6.07, 6.45) is 0.291. The van der Waals surface area contributed by atoms with Gasteiger partial charge >= 0.3 is 0 Å². The van der Waals surface area contributed by atoms with Crippen LogP contribution in [0.15, 0.2) is 53.6 Å². The number of amides is 1.